The van der Waals surface area contributed by atoms with Gasteiger partial charge in [0.05, 0.1) is 0 Å². The Morgan fingerprint density at radius 1 is 1.17 bits per heavy atom. The van der Waals surface area contributed by atoms with Crippen molar-refractivity contribution in [3.63, 3.8) is 0 Å². The van der Waals surface area contributed by atoms with Crippen molar-refractivity contribution in [2.45, 2.75) is 0 Å². The second kappa shape index (κ2) is 4.29. The van der Waals surface area contributed by atoms with Crippen LogP contribution in [0, 0.1) is 0 Å². The number of rotatable bonds is 2. The maximum atomic E-state index is 11.9. The van der Waals surface area contributed by atoms with Crippen LogP contribution in [0.1, 0.15) is 10.4 Å². The molecular formula is C13H9N3O2. The first-order valence-corrected chi connectivity index (χ1v) is 5.37. The number of nitrogens with zero attached hydrogens (tertiary/aromatic N) is 2. The van der Waals surface area contributed by atoms with Gasteiger partial charge in [0.25, 0.3) is 5.91 Å². The van der Waals surface area contributed by atoms with E-state index in [1.54, 1.807) is 42.7 Å². The van der Waals surface area contributed by atoms with Gasteiger partial charge in [0.2, 0.25) is 0 Å². The third-order valence-corrected chi connectivity index (χ3v) is 2.53. The van der Waals surface area contributed by atoms with Crippen molar-refractivity contribution in [3.05, 3.63) is 54.7 Å². The number of carbonyl (C=O) groups excluding carboxylic acids is 1. The predicted octanol–water partition coefficient (Wildman–Crippen LogP) is 2.48. The molecule has 3 rings (SSSR count). The summed E-state index contributed by atoms with van der Waals surface area (Å²) >= 11 is 0. The van der Waals surface area contributed by atoms with E-state index >= 15 is 0 Å². The predicted molar refractivity (Wildman–Crippen MR) is 66.2 cm³/mol. The summed E-state index contributed by atoms with van der Waals surface area (Å²) in [4.78, 5) is 19.8. The van der Waals surface area contributed by atoms with Crippen LogP contribution in [-0.2, 0) is 0 Å². The van der Waals surface area contributed by atoms with Gasteiger partial charge >= 0.3 is 0 Å². The summed E-state index contributed by atoms with van der Waals surface area (Å²) in [6.07, 6.45) is 4.53. The molecule has 0 saturated heterocycles. The standard InChI is InChI=1S/C13H9N3O2/c17-13(9-3-5-14-6-4-9)16-10-1-2-12-11(7-10)15-8-18-12/h1-8H,(H,16,17). The minimum absolute atomic E-state index is 0.180. The summed E-state index contributed by atoms with van der Waals surface area (Å²) in [5.74, 6) is -0.180. The Morgan fingerprint density at radius 3 is 2.83 bits per heavy atom. The number of fused-ring (bicyclic) bond motifs is 1. The fraction of sp³-hybridized carbons (Fsp3) is 0. The van der Waals surface area contributed by atoms with Gasteiger partial charge in [0.15, 0.2) is 12.0 Å². The quantitative estimate of drug-likeness (QED) is 0.745. The molecule has 0 unspecified atom stereocenters. The van der Waals surface area contributed by atoms with Crippen LogP contribution in [0.5, 0.6) is 0 Å². The molecule has 0 spiro atoms. The SMILES string of the molecule is O=C(Nc1ccc2ocnc2c1)c1ccncc1. The number of anilines is 1. The minimum Gasteiger partial charge on any atom is -0.443 e. The Morgan fingerprint density at radius 2 is 2.00 bits per heavy atom. The Hall–Kier alpha value is -2.69. The lowest BCUT2D eigenvalue weighted by atomic mass is 10.2. The van der Waals surface area contributed by atoms with E-state index in [0.717, 1.165) is 0 Å². The monoisotopic (exact) mass is 239 g/mol. The lowest BCUT2D eigenvalue weighted by Crippen LogP contribution is -2.11. The fourth-order valence-electron chi connectivity index (χ4n) is 1.64. The maximum absolute atomic E-state index is 11.9. The number of pyridine rings is 1. The first-order valence-electron chi connectivity index (χ1n) is 5.37. The zero-order chi connectivity index (χ0) is 12.4. The zero-order valence-electron chi connectivity index (χ0n) is 9.33. The molecule has 1 amide bonds. The molecule has 0 aliphatic carbocycles. The average molecular weight is 239 g/mol. The molecule has 0 bridgehead atoms. The summed E-state index contributed by atoms with van der Waals surface area (Å²) in [6.45, 7) is 0. The van der Waals surface area contributed by atoms with Crippen LogP contribution < -0.4 is 5.32 Å². The van der Waals surface area contributed by atoms with Gasteiger partial charge in [-0.2, -0.15) is 0 Å². The highest BCUT2D eigenvalue weighted by Crippen LogP contribution is 2.18. The van der Waals surface area contributed by atoms with E-state index in [4.69, 9.17) is 4.42 Å². The zero-order valence-corrected chi connectivity index (χ0v) is 9.33. The molecule has 18 heavy (non-hydrogen) atoms. The minimum atomic E-state index is -0.180. The molecule has 1 N–H and O–H groups in total. The number of carbonyl (C=O) groups is 1. The lowest BCUT2D eigenvalue weighted by molar-refractivity contribution is 0.102. The molecule has 0 radical (unpaired) electrons. The molecule has 0 aliphatic heterocycles. The Labute approximate surface area is 102 Å². The largest absolute Gasteiger partial charge is 0.443 e. The van der Waals surface area contributed by atoms with Crippen molar-refractivity contribution in [1.82, 2.24) is 9.97 Å². The molecule has 0 saturated carbocycles. The molecule has 88 valence electrons. The molecule has 0 fully saturated rings. The summed E-state index contributed by atoms with van der Waals surface area (Å²) in [5.41, 5.74) is 2.64. The van der Waals surface area contributed by atoms with Gasteiger partial charge in [-0.25, -0.2) is 4.98 Å². The van der Waals surface area contributed by atoms with Gasteiger partial charge in [0.1, 0.15) is 5.52 Å². The smallest absolute Gasteiger partial charge is 0.255 e. The van der Waals surface area contributed by atoms with Crippen molar-refractivity contribution in [1.29, 1.82) is 0 Å². The van der Waals surface area contributed by atoms with Crippen LogP contribution in [0.4, 0.5) is 5.69 Å². The molecule has 1 aromatic carbocycles. The number of benzene rings is 1. The molecule has 5 heteroatoms. The van der Waals surface area contributed by atoms with Crippen LogP contribution in [0.25, 0.3) is 11.1 Å². The van der Waals surface area contributed by atoms with Crippen LogP contribution in [0.15, 0.2) is 53.5 Å². The van der Waals surface area contributed by atoms with E-state index in [2.05, 4.69) is 15.3 Å². The lowest BCUT2D eigenvalue weighted by Gasteiger charge is -2.04. The van der Waals surface area contributed by atoms with E-state index in [9.17, 15) is 4.79 Å². The first-order chi connectivity index (χ1) is 8.83. The molecular weight excluding hydrogens is 230 g/mol. The van der Waals surface area contributed by atoms with Crippen molar-refractivity contribution in [2.75, 3.05) is 5.32 Å². The number of amides is 1. The van der Waals surface area contributed by atoms with E-state index in [1.807, 2.05) is 0 Å². The highest BCUT2D eigenvalue weighted by atomic mass is 16.3. The maximum Gasteiger partial charge on any atom is 0.255 e. The Kier molecular flexibility index (Phi) is 2.49. The molecule has 0 atom stereocenters. The molecule has 3 aromatic rings. The van der Waals surface area contributed by atoms with Gasteiger partial charge in [-0.05, 0) is 30.3 Å². The Balaban J connectivity index is 1.86. The number of oxazole rings is 1. The third kappa shape index (κ3) is 1.93. The van der Waals surface area contributed by atoms with Gasteiger partial charge < -0.3 is 9.73 Å². The highest BCUT2D eigenvalue weighted by Gasteiger charge is 2.06. The normalized spacial score (nSPS) is 10.4. The molecule has 0 aliphatic rings. The van der Waals surface area contributed by atoms with E-state index in [-0.39, 0.29) is 5.91 Å². The summed E-state index contributed by atoms with van der Waals surface area (Å²) in [5, 5.41) is 2.79. The average Bonchev–Trinajstić information content (AvgIpc) is 2.87. The molecule has 5 nitrogen and oxygen atoms in total. The molecule has 2 aromatic heterocycles. The van der Waals surface area contributed by atoms with E-state index in [0.29, 0.717) is 22.4 Å². The summed E-state index contributed by atoms with van der Waals surface area (Å²) < 4.78 is 5.13. The number of hydrogen-bond donors (Lipinski definition) is 1. The van der Waals surface area contributed by atoms with Crippen LogP contribution >= 0.6 is 0 Å². The Bertz CT molecular complexity index is 692. The molecule has 2 heterocycles. The first kappa shape index (κ1) is 10.5. The van der Waals surface area contributed by atoms with Crippen LogP contribution in [0.2, 0.25) is 0 Å². The van der Waals surface area contributed by atoms with E-state index < -0.39 is 0 Å². The second-order valence-corrected chi connectivity index (χ2v) is 3.72. The van der Waals surface area contributed by atoms with Crippen LogP contribution in [-0.4, -0.2) is 15.9 Å². The van der Waals surface area contributed by atoms with Gasteiger partial charge in [-0.3, -0.25) is 9.78 Å². The van der Waals surface area contributed by atoms with E-state index in [1.165, 1.54) is 6.39 Å². The van der Waals surface area contributed by atoms with Crippen molar-refractivity contribution < 1.29 is 9.21 Å². The third-order valence-electron chi connectivity index (χ3n) is 2.53. The van der Waals surface area contributed by atoms with Crippen molar-refractivity contribution >= 4 is 22.7 Å². The van der Waals surface area contributed by atoms with Crippen molar-refractivity contribution in [3.8, 4) is 0 Å². The van der Waals surface area contributed by atoms with Crippen LogP contribution in [0.3, 0.4) is 0 Å². The van der Waals surface area contributed by atoms with Crippen molar-refractivity contribution in [2.24, 2.45) is 0 Å². The van der Waals surface area contributed by atoms with Gasteiger partial charge in [0, 0.05) is 23.6 Å². The summed E-state index contributed by atoms with van der Waals surface area (Å²) in [6, 6.07) is 8.61. The summed E-state index contributed by atoms with van der Waals surface area (Å²) in [7, 11) is 0. The topological polar surface area (TPSA) is 68.0 Å². The number of aromatic nitrogens is 2. The number of nitrogens with one attached hydrogen (secondary N) is 1. The second-order valence-electron chi connectivity index (χ2n) is 3.72. The van der Waals surface area contributed by atoms with Gasteiger partial charge in [-0.1, -0.05) is 0 Å². The number of hydrogen-bond acceptors (Lipinski definition) is 4. The highest BCUT2D eigenvalue weighted by molar-refractivity contribution is 6.04. The van der Waals surface area contributed by atoms with Gasteiger partial charge in [-0.15, -0.1) is 0 Å². The fourth-order valence-corrected chi connectivity index (χ4v) is 1.64.